The Morgan fingerprint density at radius 3 is 2.59 bits per heavy atom. The average molecular weight is 306 g/mol. The zero-order valence-electron chi connectivity index (χ0n) is 13.7. The van der Waals surface area contributed by atoms with Crippen LogP contribution in [-0.4, -0.2) is 61.2 Å². The lowest BCUT2D eigenvalue weighted by atomic mass is 10.2. The van der Waals surface area contributed by atoms with Crippen LogP contribution in [0.1, 0.15) is 20.8 Å². The van der Waals surface area contributed by atoms with E-state index in [2.05, 4.69) is 33.9 Å². The molecule has 2 heterocycles. The number of aromatic nitrogens is 1. The van der Waals surface area contributed by atoms with E-state index in [1.54, 1.807) is 6.20 Å². The number of hydrogen-bond acceptors (Lipinski definition) is 5. The van der Waals surface area contributed by atoms with E-state index in [9.17, 15) is 4.79 Å². The standard InChI is InChI=1S/C16H26N4O2/c1-4-19(5-2)15-7-6-14(12-17-15)18-16(21)13(3)20-8-10-22-11-9-20/h6-7,12-13H,4-5,8-11H2,1-3H3,(H,18,21)/t13-/m0/s1. The average Bonchev–Trinajstić information content (AvgIpc) is 2.57. The van der Waals surface area contributed by atoms with E-state index >= 15 is 0 Å². The molecule has 6 heteroatoms. The number of nitrogens with one attached hydrogen (secondary N) is 1. The quantitative estimate of drug-likeness (QED) is 0.865. The highest BCUT2D eigenvalue weighted by Crippen LogP contribution is 2.15. The van der Waals surface area contributed by atoms with Crippen molar-refractivity contribution in [2.75, 3.05) is 49.6 Å². The predicted octanol–water partition coefficient (Wildman–Crippen LogP) is 1.59. The second kappa shape index (κ2) is 8.10. The van der Waals surface area contributed by atoms with Gasteiger partial charge in [0.15, 0.2) is 0 Å². The molecule has 122 valence electrons. The van der Waals surface area contributed by atoms with Crippen LogP contribution in [0.4, 0.5) is 11.5 Å². The third-order valence-electron chi connectivity index (χ3n) is 4.08. The fourth-order valence-corrected chi connectivity index (χ4v) is 2.57. The first-order valence-electron chi connectivity index (χ1n) is 7.99. The Hall–Kier alpha value is -1.66. The third-order valence-corrected chi connectivity index (χ3v) is 4.08. The van der Waals surface area contributed by atoms with Gasteiger partial charge in [-0.05, 0) is 32.9 Å². The Kier molecular flexibility index (Phi) is 6.15. The molecule has 0 aromatic carbocycles. The maximum atomic E-state index is 12.3. The summed E-state index contributed by atoms with van der Waals surface area (Å²) in [6.07, 6.45) is 1.72. The molecule has 0 spiro atoms. The Balaban J connectivity index is 1.93. The lowest BCUT2D eigenvalue weighted by molar-refractivity contribution is -0.122. The lowest BCUT2D eigenvalue weighted by Gasteiger charge is -2.31. The summed E-state index contributed by atoms with van der Waals surface area (Å²) in [4.78, 5) is 21.0. The molecule has 0 radical (unpaired) electrons. The van der Waals surface area contributed by atoms with Crippen LogP contribution in [0.2, 0.25) is 0 Å². The summed E-state index contributed by atoms with van der Waals surface area (Å²) in [5.74, 6) is 0.934. The van der Waals surface area contributed by atoms with Gasteiger partial charge in [0.2, 0.25) is 5.91 Å². The van der Waals surface area contributed by atoms with Crippen LogP contribution in [0.15, 0.2) is 18.3 Å². The summed E-state index contributed by atoms with van der Waals surface area (Å²) in [5, 5.41) is 2.94. The van der Waals surface area contributed by atoms with Crippen molar-refractivity contribution in [3.05, 3.63) is 18.3 Å². The monoisotopic (exact) mass is 306 g/mol. The van der Waals surface area contributed by atoms with Gasteiger partial charge in [0.1, 0.15) is 5.82 Å². The molecule has 1 fully saturated rings. The predicted molar refractivity (Wildman–Crippen MR) is 88.3 cm³/mol. The van der Waals surface area contributed by atoms with Gasteiger partial charge < -0.3 is 15.0 Å². The highest BCUT2D eigenvalue weighted by Gasteiger charge is 2.23. The van der Waals surface area contributed by atoms with Crippen molar-refractivity contribution in [3.8, 4) is 0 Å². The topological polar surface area (TPSA) is 57.7 Å². The molecule has 1 aromatic heterocycles. The van der Waals surface area contributed by atoms with Gasteiger partial charge in [0, 0.05) is 26.2 Å². The lowest BCUT2D eigenvalue weighted by Crippen LogP contribution is -2.47. The molecule has 1 aliphatic rings. The Morgan fingerprint density at radius 1 is 1.36 bits per heavy atom. The molecule has 1 atom stereocenters. The number of amides is 1. The minimum atomic E-state index is -0.161. The van der Waals surface area contributed by atoms with E-state index < -0.39 is 0 Å². The first-order valence-corrected chi connectivity index (χ1v) is 7.99. The van der Waals surface area contributed by atoms with E-state index in [1.807, 2.05) is 19.1 Å². The number of carbonyl (C=O) groups is 1. The summed E-state index contributed by atoms with van der Waals surface area (Å²) in [6.45, 7) is 11.0. The van der Waals surface area contributed by atoms with Crippen LogP contribution in [-0.2, 0) is 9.53 Å². The minimum absolute atomic E-state index is 0.000658. The van der Waals surface area contributed by atoms with Crippen LogP contribution in [0.5, 0.6) is 0 Å². The summed E-state index contributed by atoms with van der Waals surface area (Å²) in [6, 6.07) is 3.69. The molecule has 22 heavy (non-hydrogen) atoms. The van der Waals surface area contributed by atoms with Crippen molar-refractivity contribution in [1.82, 2.24) is 9.88 Å². The van der Waals surface area contributed by atoms with E-state index in [0.717, 1.165) is 37.7 Å². The Morgan fingerprint density at radius 2 is 2.05 bits per heavy atom. The van der Waals surface area contributed by atoms with Crippen LogP contribution in [0, 0.1) is 0 Å². The molecule has 1 N–H and O–H groups in total. The van der Waals surface area contributed by atoms with Gasteiger partial charge in [-0.2, -0.15) is 0 Å². The fourth-order valence-electron chi connectivity index (χ4n) is 2.57. The Bertz CT molecular complexity index is 468. The van der Waals surface area contributed by atoms with Gasteiger partial charge >= 0.3 is 0 Å². The third kappa shape index (κ3) is 4.18. The van der Waals surface area contributed by atoms with Gasteiger partial charge in [0.05, 0.1) is 31.1 Å². The van der Waals surface area contributed by atoms with Gasteiger partial charge in [-0.25, -0.2) is 4.98 Å². The van der Waals surface area contributed by atoms with Gasteiger partial charge in [0.25, 0.3) is 0 Å². The molecule has 0 aliphatic carbocycles. The number of pyridine rings is 1. The fraction of sp³-hybridized carbons (Fsp3) is 0.625. The molecular weight excluding hydrogens is 280 g/mol. The molecule has 0 bridgehead atoms. The van der Waals surface area contributed by atoms with Crippen molar-refractivity contribution < 1.29 is 9.53 Å². The summed E-state index contributed by atoms with van der Waals surface area (Å²) in [5.41, 5.74) is 0.737. The summed E-state index contributed by atoms with van der Waals surface area (Å²) >= 11 is 0. The highest BCUT2D eigenvalue weighted by atomic mass is 16.5. The molecule has 0 unspecified atom stereocenters. The van der Waals surface area contributed by atoms with E-state index in [0.29, 0.717) is 13.2 Å². The smallest absolute Gasteiger partial charge is 0.241 e. The largest absolute Gasteiger partial charge is 0.379 e. The summed E-state index contributed by atoms with van der Waals surface area (Å²) < 4.78 is 5.32. The molecule has 1 aliphatic heterocycles. The number of ether oxygens (including phenoxy) is 1. The SMILES string of the molecule is CCN(CC)c1ccc(NC(=O)[C@H](C)N2CCOCC2)cn1. The van der Waals surface area contributed by atoms with Crippen molar-refractivity contribution in [2.24, 2.45) is 0 Å². The zero-order valence-corrected chi connectivity index (χ0v) is 13.7. The minimum Gasteiger partial charge on any atom is -0.379 e. The first-order chi connectivity index (χ1) is 10.7. The highest BCUT2D eigenvalue weighted by molar-refractivity contribution is 5.94. The van der Waals surface area contributed by atoms with Crippen LogP contribution in [0.25, 0.3) is 0 Å². The van der Waals surface area contributed by atoms with Gasteiger partial charge in [-0.15, -0.1) is 0 Å². The summed E-state index contributed by atoms with van der Waals surface area (Å²) in [7, 11) is 0. The van der Waals surface area contributed by atoms with E-state index in [4.69, 9.17) is 4.74 Å². The molecule has 1 aromatic rings. The number of carbonyl (C=O) groups excluding carboxylic acids is 1. The maximum Gasteiger partial charge on any atom is 0.241 e. The molecule has 6 nitrogen and oxygen atoms in total. The maximum absolute atomic E-state index is 12.3. The number of morpholine rings is 1. The zero-order chi connectivity index (χ0) is 15.9. The first kappa shape index (κ1) is 16.7. The second-order valence-electron chi connectivity index (χ2n) is 5.39. The van der Waals surface area contributed by atoms with Crippen LogP contribution < -0.4 is 10.2 Å². The molecular formula is C16H26N4O2. The Labute approximate surface area is 132 Å². The van der Waals surface area contributed by atoms with Gasteiger partial charge in [-0.3, -0.25) is 9.69 Å². The van der Waals surface area contributed by atoms with Crippen molar-refractivity contribution in [2.45, 2.75) is 26.8 Å². The van der Waals surface area contributed by atoms with Gasteiger partial charge in [-0.1, -0.05) is 0 Å². The normalized spacial score (nSPS) is 17.0. The van der Waals surface area contributed by atoms with Crippen LogP contribution >= 0.6 is 0 Å². The second-order valence-corrected chi connectivity index (χ2v) is 5.39. The number of rotatable bonds is 6. The number of hydrogen-bond donors (Lipinski definition) is 1. The molecule has 1 saturated heterocycles. The van der Waals surface area contributed by atoms with Crippen molar-refractivity contribution in [1.29, 1.82) is 0 Å². The number of anilines is 2. The van der Waals surface area contributed by atoms with Crippen molar-refractivity contribution >= 4 is 17.4 Å². The van der Waals surface area contributed by atoms with E-state index in [1.165, 1.54) is 0 Å². The number of nitrogens with zero attached hydrogens (tertiary/aromatic N) is 3. The molecule has 1 amide bonds. The molecule has 2 rings (SSSR count). The van der Waals surface area contributed by atoms with Crippen molar-refractivity contribution in [3.63, 3.8) is 0 Å². The van der Waals surface area contributed by atoms with Crippen LogP contribution in [0.3, 0.4) is 0 Å². The van der Waals surface area contributed by atoms with E-state index in [-0.39, 0.29) is 11.9 Å². The molecule has 0 saturated carbocycles.